The van der Waals surface area contributed by atoms with Gasteiger partial charge in [0.25, 0.3) is 0 Å². The minimum Gasteiger partial charge on any atom is -0.494 e. The molecule has 1 amide bonds. The Bertz CT molecular complexity index is 494. The van der Waals surface area contributed by atoms with Crippen molar-refractivity contribution in [2.75, 3.05) is 6.61 Å². The van der Waals surface area contributed by atoms with E-state index >= 15 is 0 Å². The normalized spacial score (nSPS) is 17.3. The molecule has 0 unspecified atom stereocenters. The molecule has 1 aromatic rings. The predicted molar refractivity (Wildman–Crippen MR) is 84.2 cm³/mol. The van der Waals surface area contributed by atoms with Crippen LogP contribution < -0.4 is 15.8 Å². The second-order valence-corrected chi connectivity index (χ2v) is 5.94. The van der Waals surface area contributed by atoms with Gasteiger partial charge >= 0.3 is 0 Å². The summed E-state index contributed by atoms with van der Waals surface area (Å²) in [6.07, 6.45) is 4.83. The van der Waals surface area contributed by atoms with Crippen LogP contribution in [0, 0.1) is 6.92 Å². The number of carbonyl (C=O) groups is 1. The monoisotopic (exact) mass is 290 g/mol. The standard InChI is InChI=1S/C17H26N2O2/c1-3-21-15-11-13(2)7-8-14(15)12-19-16(20)17(18)9-5-4-6-10-17/h7-8,11H,3-6,9-10,12,18H2,1-2H3,(H,19,20). The topological polar surface area (TPSA) is 64.3 Å². The molecule has 3 N–H and O–H groups in total. The van der Waals surface area contributed by atoms with Crippen molar-refractivity contribution in [1.29, 1.82) is 0 Å². The van der Waals surface area contributed by atoms with Crippen LogP contribution in [0.1, 0.15) is 50.2 Å². The van der Waals surface area contributed by atoms with E-state index in [1.165, 1.54) is 6.42 Å². The maximum absolute atomic E-state index is 12.4. The fourth-order valence-corrected chi connectivity index (χ4v) is 2.86. The van der Waals surface area contributed by atoms with Crippen molar-refractivity contribution in [2.45, 2.75) is 58.0 Å². The van der Waals surface area contributed by atoms with Crippen LogP contribution in [0.5, 0.6) is 5.75 Å². The van der Waals surface area contributed by atoms with E-state index in [1.807, 2.05) is 32.0 Å². The molecule has 0 radical (unpaired) electrons. The molecule has 1 aromatic carbocycles. The van der Waals surface area contributed by atoms with Gasteiger partial charge in [0.2, 0.25) is 5.91 Å². The summed E-state index contributed by atoms with van der Waals surface area (Å²) in [6.45, 7) is 5.07. The van der Waals surface area contributed by atoms with Crippen LogP contribution >= 0.6 is 0 Å². The maximum Gasteiger partial charge on any atom is 0.240 e. The Kier molecular flexibility index (Phi) is 5.23. The number of hydrogen-bond acceptors (Lipinski definition) is 3. The number of carbonyl (C=O) groups excluding carboxylic acids is 1. The summed E-state index contributed by atoms with van der Waals surface area (Å²) in [6, 6.07) is 6.04. The zero-order chi connectivity index (χ0) is 15.3. The molecule has 1 fully saturated rings. The van der Waals surface area contributed by atoms with Gasteiger partial charge in [-0.1, -0.05) is 31.4 Å². The van der Waals surface area contributed by atoms with Gasteiger partial charge in [-0.25, -0.2) is 0 Å². The lowest BCUT2D eigenvalue weighted by Gasteiger charge is -2.31. The van der Waals surface area contributed by atoms with Gasteiger partial charge in [0.1, 0.15) is 5.75 Å². The highest BCUT2D eigenvalue weighted by molar-refractivity contribution is 5.86. The molecule has 21 heavy (non-hydrogen) atoms. The summed E-state index contributed by atoms with van der Waals surface area (Å²) >= 11 is 0. The number of hydrogen-bond donors (Lipinski definition) is 2. The second kappa shape index (κ2) is 6.94. The van der Waals surface area contributed by atoms with Crippen molar-refractivity contribution < 1.29 is 9.53 Å². The van der Waals surface area contributed by atoms with Gasteiger partial charge in [-0.3, -0.25) is 4.79 Å². The van der Waals surface area contributed by atoms with Gasteiger partial charge in [-0.15, -0.1) is 0 Å². The average molecular weight is 290 g/mol. The molecular weight excluding hydrogens is 264 g/mol. The zero-order valence-electron chi connectivity index (χ0n) is 13.1. The number of nitrogens with one attached hydrogen (secondary N) is 1. The first-order valence-corrected chi connectivity index (χ1v) is 7.84. The van der Waals surface area contributed by atoms with Gasteiger partial charge in [0.15, 0.2) is 0 Å². The summed E-state index contributed by atoms with van der Waals surface area (Å²) in [5, 5.41) is 2.98. The number of amides is 1. The molecule has 4 nitrogen and oxygen atoms in total. The van der Waals surface area contributed by atoms with Crippen LogP contribution in [0.3, 0.4) is 0 Å². The van der Waals surface area contributed by atoms with Gasteiger partial charge in [0, 0.05) is 12.1 Å². The Morgan fingerprint density at radius 2 is 2.05 bits per heavy atom. The minimum absolute atomic E-state index is 0.0368. The van der Waals surface area contributed by atoms with Crippen LogP contribution in [-0.4, -0.2) is 18.1 Å². The van der Waals surface area contributed by atoms with Crippen LogP contribution in [0.4, 0.5) is 0 Å². The second-order valence-electron chi connectivity index (χ2n) is 5.94. The SMILES string of the molecule is CCOc1cc(C)ccc1CNC(=O)C1(N)CCCCC1. The fourth-order valence-electron chi connectivity index (χ4n) is 2.86. The van der Waals surface area contributed by atoms with Crippen molar-refractivity contribution in [1.82, 2.24) is 5.32 Å². The number of ether oxygens (including phenoxy) is 1. The molecule has 0 saturated heterocycles. The van der Waals surface area contributed by atoms with Crippen LogP contribution in [0.2, 0.25) is 0 Å². The fraction of sp³-hybridized carbons (Fsp3) is 0.588. The van der Waals surface area contributed by atoms with Gasteiger partial charge in [0.05, 0.1) is 12.1 Å². The molecule has 2 rings (SSSR count). The van der Waals surface area contributed by atoms with E-state index in [2.05, 4.69) is 5.32 Å². The highest BCUT2D eigenvalue weighted by atomic mass is 16.5. The Hall–Kier alpha value is -1.55. The third kappa shape index (κ3) is 3.97. The predicted octanol–water partition coefficient (Wildman–Crippen LogP) is 2.67. The lowest BCUT2D eigenvalue weighted by atomic mass is 9.82. The third-order valence-corrected chi connectivity index (χ3v) is 4.16. The lowest BCUT2D eigenvalue weighted by molar-refractivity contribution is -0.127. The van der Waals surface area contributed by atoms with Crippen LogP contribution in [0.15, 0.2) is 18.2 Å². The average Bonchev–Trinajstić information content (AvgIpc) is 2.47. The molecular formula is C17H26N2O2. The Morgan fingerprint density at radius 1 is 1.33 bits per heavy atom. The highest BCUT2D eigenvalue weighted by Gasteiger charge is 2.34. The maximum atomic E-state index is 12.4. The highest BCUT2D eigenvalue weighted by Crippen LogP contribution is 2.26. The molecule has 0 spiro atoms. The lowest BCUT2D eigenvalue weighted by Crippen LogP contribution is -2.54. The summed E-state index contributed by atoms with van der Waals surface area (Å²) < 4.78 is 5.64. The Labute approximate surface area is 127 Å². The number of rotatable bonds is 5. The molecule has 0 bridgehead atoms. The molecule has 0 heterocycles. The first kappa shape index (κ1) is 15.8. The van der Waals surface area contributed by atoms with Crippen LogP contribution in [0.25, 0.3) is 0 Å². The van der Waals surface area contributed by atoms with Crippen molar-refractivity contribution in [2.24, 2.45) is 5.73 Å². The van der Waals surface area contributed by atoms with Crippen molar-refractivity contribution in [3.8, 4) is 5.75 Å². The van der Waals surface area contributed by atoms with E-state index in [0.717, 1.165) is 42.6 Å². The van der Waals surface area contributed by atoms with Crippen molar-refractivity contribution >= 4 is 5.91 Å². The molecule has 0 aliphatic heterocycles. The molecule has 4 heteroatoms. The van der Waals surface area contributed by atoms with E-state index in [0.29, 0.717) is 13.2 Å². The molecule has 1 saturated carbocycles. The number of aryl methyl sites for hydroxylation is 1. The number of nitrogens with two attached hydrogens (primary N) is 1. The molecule has 0 atom stereocenters. The first-order chi connectivity index (χ1) is 10.0. The minimum atomic E-state index is -0.686. The zero-order valence-corrected chi connectivity index (χ0v) is 13.1. The molecule has 116 valence electrons. The van der Waals surface area contributed by atoms with Gasteiger partial charge < -0.3 is 15.8 Å². The van der Waals surface area contributed by atoms with Crippen LogP contribution in [-0.2, 0) is 11.3 Å². The van der Waals surface area contributed by atoms with E-state index in [4.69, 9.17) is 10.5 Å². The van der Waals surface area contributed by atoms with E-state index in [1.54, 1.807) is 0 Å². The van der Waals surface area contributed by atoms with E-state index in [-0.39, 0.29) is 5.91 Å². The first-order valence-electron chi connectivity index (χ1n) is 7.84. The van der Waals surface area contributed by atoms with Gasteiger partial charge in [-0.2, -0.15) is 0 Å². The summed E-state index contributed by atoms with van der Waals surface area (Å²) in [5.41, 5.74) is 7.70. The third-order valence-electron chi connectivity index (χ3n) is 4.16. The quantitative estimate of drug-likeness (QED) is 0.876. The summed E-state index contributed by atoms with van der Waals surface area (Å²) in [7, 11) is 0. The number of benzene rings is 1. The van der Waals surface area contributed by atoms with E-state index in [9.17, 15) is 4.79 Å². The summed E-state index contributed by atoms with van der Waals surface area (Å²) in [4.78, 5) is 12.4. The Balaban J connectivity index is 2.00. The molecule has 1 aliphatic carbocycles. The van der Waals surface area contributed by atoms with E-state index < -0.39 is 5.54 Å². The van der Waals surface area contributed by atoms with Crippen molar-refractivity contribution in [3.63, 3.8) is 0 Å². The van der Waals surface area contributed by atoms with Gasteiger partial charge in [-0.05, 0) is 38.3 Å². The molecule has 0 aromatic heterocycles. The largest absolute Gasteiger partial charge is 0.494 e. The molecule has 1 aliphatic rings. The Morgan fingerprint density at radius 3 is 2.71 bits per heavy atom. The summed E-state index contributed by atoms with van der Waals surface area (Å²) in [5.74, 6) is 0.803. The smallest absolute Gasteiger partial charge is 0.240 e. The van der Waals surface area contributed by atoms with Crippen molar-refractivity contribution in [3.05, 3.63) is 29.3 Å².